The predicted molar refractivity (Wildman–Crippen MR) is 94.8 cm³/mol. The van der Waals surface area contributed by atoms with E-state index < -0.39 is 5.60 Å². The van der Waals surface area contributed by atoms with E-state index in [9.17, 15) is 14.3 Å². The maximum absolute atomic E-state index is 14.0. The van der Waals surface area contributed by atoms with E-state index in [2.05, 4.69) is 0 Å². The minimum Gasteiger partial charge on any atom is -0.496 e. The molecule has 1 atom stereocenters. The Labute approximate surface area is 152 Å². The molecular formula is C20H22FNO4. The molecule has 1 heterocycles. The van der Waals surface area contributed by atoms with Gasteiger partial charge >= 0.3 is 0 Å². The zero-order chi connectivity index (χ0) is 18.6. The number of carbonyl (C=O) groups excluding carboxylic acids is 1. The lowest BCUT2D eigenvalue weighted by Crippen LogP contribution is -2.57. The highest BCUT2D eigenvalue weighted by atomic mass is 19.1. The highest BCUT2D eigenvalue weighted by molar-refractivity contribution is 5.97. The molecule has 26 heavy (non-hydrogen) atoms. The molecule has 0 bridgehead atoms. The van der Waals surface area contributed by atoms with E-state index in [0.29, 0.717) is 23.4 Å². The van der Waals surface area contributed by atoms with Crippen LogP contribution in [0.4, 0.5) is 4.39 Å². The molecule has 2 aromatic rings. The molecule has 0 spiro atoms. The Morgan fingerprint density at radius 1 is 1.27 bits per heavy atom. The summed E-state index contributed by atoms with van der Waals surface area (Å²) in [4.78, 5) is 14.6. The first-order chi connectivity index (χ1) is 12.6. The smallest absolute Gasteiger partial charge is 0.257 e. The summed E-state index contributed by atoms with van der Waals surface area (Å²) in [6.45, 7) is 0.539. The summed E-state index contributed by atoms with van der Waals surface area (Å²) in [7, 11) is 1.52. The number of para-hydroxylation sites is 1. The first-order valence-corrected chi connectivity index (χ1v) is 8.49. The molecule has 1 saturated heterocycles. The summed E-state index contributed by atoms with van der Waals surface area (Å²) in [6, 6.07) is 13.4. The van der Waals surface area contributed by atoms with Gasteiger partial charge < -0.3 is 19.5 Å². The van der Waals surface area contributed by atoms with E-state index in [1.807, 2.05) is 0 Å². The van der Waals surface area contributed by atoms with Gasteiger partial charge in [0.25, 0.3) is 5.91 Å². The minimum atomic E-state index is -1.03. The van der Waals surface area contributed by atoms with Gasteiger partial charge in [-0.3, -0.25) is 4.79 Å². The van der Waals surface area contributed by atoms with Gasteiger partial charge in [0.2, 0.25) is 0 Å². The summed E-state index contributed by atoms with van der Waals surface area (Å²) < 4.78 is 25.1. The number of rotatable bonds is 5. The van der Waals surface area contributed by atoms with Gasteiger partial charge in [-0.2, -0.15) is 0 Å². The third kappa shape index (κ3) is 3.71. The maximum Gasteiger partial charge on any atom is 0.257 e. The van der Waals surface area contributed by atoms with Crippen molar-refractivity contribution in [3.63, 3.8) is 0 Å². The Morgan fingerprint density at radius 3 is 2.73 bits per heavy atom. The first-order valence-electron chi connectivity index (χ1n) is 8.49. The molecule has 1 aliphatic rings. The van der Waals surface area contributed by atoms with Gasteiger partial charge in [-0.05, 0) is 23.8 Å². The van der Waals surface area contributed by atoms with Crippen LogP contribution in [0.15, 0.2) is 48.5 Å². The normalized spacial score (nSPS) is 20.0. The number of aliphatic hydroxyl groups is 1. The summed E-state index contributed by atoms with van der Waals surface area (Å²) >= 11 is 0. The fourth-order valence-corrected chi connectivity index (χ4v) is 3.26. The van der Waals surface area contributed by atoms with Gasteiger partial charge in [0, 0.05) is 13.0 Å². The summed E-state index contributed by atoms with van der Waals surface area (Å²) in [6.07, 6.45) is 0.186. The molecule has 6 heteroatoms. The van der Waals surface area contributed by atoms with Crippen LogP contribution in [0.3, 0.4) is 0 Å². The van der Waals surface area contributed by atoms with E-state index in [4.69, 9.17) is 9.47 Å². The molecule has 1 aliphatic heterocycles. The Kier molecular flexibility index (Phi) is 5.54. The molecule has 1 N–H and O–H groups in total. The number of aliphatic hydroxyl groups excluding tert-OH is 1. The van der Waals surface area contributed by atoms with Crippen LogP contribution in [0.5, 0.6) is 5.75 Å². The van der Waals surface area contributed by atoms with Gasteiger partial charge in [-0.1, -0.05) is 30.3 Å². The molecule has 1 amide bonds. The van der Waals surface area contributed by atoms with E-state index in [-0.39, 0.29) is 37.9 Å². The summed E-state index contributed by atoms with van der Waals surface area (Å²) in [5.74, 6) is -0.0538. The van der Waals surface area contributed by atoms with Crippen LogP contribution in [0.2, 0.25) is 0 Å². The van der Waals surface area contributed by atoms with Gasteiger partial charge in [0.15, 0.2) is 0 Å². The van der Waals surface area contributed by atoms with Crippen molar-refractivity contribution < 1.29 is 23.8 Å². The number of nitrogens with zero attached hydrogens (tertiary/aromatic N) is 1. The van der Waals surface area contributed by atoms with Crippen molar-refractivity contribution >= 4 is 5.91 Å². The number of hydrogen-bond donors (Lipinski definition) is 1. The van der Waals surface area contributed by atoms with Crippen LogP contribution in [-0.4, -0.2) is 54.9 Å². The van der Waals surface area contributed by atoms with E-state index in [1.165, 1.54) is 13.2 Å². The largest absolute Gasteiger partial charge is 0.496 e. The molecule has 0 aliphatic carbocycles. The van der Waals surface area contributed by atoms with E-state index in [0.717, 1.165) is 0 Å². The SMILES string of the molecule is COc1ccccc1C(=O)N1CCO[C@@](CO)(Cc2ccccc2F)C1. The highest BCUT2D eigenvalue weighted by Crippen LogP contribution is 2.27. The van der Waals surface area contributed by atoms with Crippen LogP contribution in [0, 0.1) is 5.82 Å². The second kappa shape index (κ2) is 7.85. The van der Waals surface area contributed by atoms with Crippen LogP contribution in [-0.2, 0) is 11.2 Å². The molecule has 0 saturated carbocycles. The lowest BCUT2D eigenvalue weighted by Gasteiger charge is -2.42. The molecule has 5 nitrogen and oxygen atoms in total. The molecule has 0 radical (unpaired) electrons. The van der Waals surface area contributed by atoms with Crippen molar-refractivity contribution in [2.24, 2.45) is 0 Å². The predicted octanol–water partition coefficient (Wildman–Crippen LogP) is 2.28. The summed E-state index contributed by atoms with van der Waals surface area (Å²) in [5, 5.41) is 9.95. The third-order valence-corrected chi connectivity index (χ3v) is 4.63. The van der Waals surface area contributed by atoms with Crippen molar-refractivity contribution in [3.8, 4) is 5.75 Å². The van der Waals surface area contributed by atoms with Crippen LogP contribution >= 0.6 is 0 Å². The average Bonchev–Trinajstić information content (AvgIpc) is 2.69. The van der Waals surface area contributed by atoms with Crippen molar-refractivity contribution in [2.75, 3.05) is 33.4 Å². The zero-order valence-corrected chi connectivity index (χ0v) is 14.7. The number of ether oxygens (including phenoxy) is 2. The quantitative estimate of drug-likeness (QED) is 0.890. The van der Waals surface area contributed by atoms with Gasteiger partial charge in [0.1, 0.15) is 17.2 Å². The Bertz CT molecular complexity index is 782. The van der Waals surface area contributed by atoms with Gasteiger partial charge in [-0.25, -0.2) is 4.39 Å². The van der Waals surface area contributed by atoms with Crippen molar-refractivity contribution in [1.82, 2.24) is 4.90 Å². The zero-order valence-electron chi connectivity index (χ0n) is 14.7. The standard InChI is InChI=1S/C20H22FNO4/c1-25-18-9-5-3-7-16(18)19(24)22-10-11-26-20(13-22,14-23)12-15-6-2-4-8-17(15)21/h2-9,23H,10-14H2,1H3/t20-/m0/s1. The Morgan fingerprint density at radius 2 is 2.00 bits per heavy atom. The number of hydrogen-bond acceptors (Lipinski definition) is 4. The van der Waals surface area contributed by atoms with Gasteiger partial charge in [-0.15, -0.1) is 0 Å². The number of amides is 1. The number of morpholine rings is 1. The minimum absolute atomic E-state index is 0.175. The van der Waals surface area contributed by atoms with Crippen molar-refractivity contribution in [3.05, 3.63) is 65.5 Å². The molecule has 3 rings (SSSR count). The van der Waals surface area contributed by atoms with Crippen molar-refractivity contribution in [2.45, 2.75) is 12.0 Å². The second-order valence-electron chi connectivity index (χ2n) is 6.38. The molecule has 2 aromatic carbocycles. The molecule has 0 unspecified atom stereocenters. The van der Waals surface area contributed by atoms with Crippen LogP contribution in [0.25, 0.3) is 0 Å². The first kappa shape index (κ1) is 18.4. The van der Waals surface area contributed by atoms with E-state index >= 15 is 0 Å². The number of benzene rings is 2. The fourth-order valence-electron chi connectivity index (χ4n) is 3.26. The lowest BCUT2D eigenvalue weighted by atomic mass is 9.92. The average molecular weight is 359 g/mol. The Hall–Kier alpha value is -2.44. The number of methoxy groups -OCH3 is 1. The van der Waals surface area contributed by atoms with Gasteiger partial charge in [0.05, 0.1) is 32.4 Å². The second-order valence-corrected chi connectivity index (χ2v) is 6.38. The lowest BCUT2D eigenvalue weighted by molar-refractivity contribution is -0.124. The van der Waals surface area contributed by atoms with Crippen LogP contribution < -0.4 is 4.74 Å². The molecule has 0 aromatic heterocycles. The van der Waals surface area contributed by atoms with Crippen molar-refractivity contribution in [1.29, 1.82) is 0 Å². The monoisotopic (exact) mass is 359 g/mol. The highest BCUT2D eigenvalue weighted by Gasteiger charge is 2.39. The maximum atomic E-state index is 14.0. The Balaban J connectivity index is 1.83. The molecule has 138 valence electrons. The third-order valence-electron chi connectivity index (χ3n) is 4.63. The topological polar surface area (TPSA) is 59.0 Å². The van der Waals surface area contributed by atoms with E-state index in [1.54, 1.807) is 47.4 Å². The van der Waals surface area contributed by atoms with Crippen LogP contribution in [0.1, 0.15) is 15.9 Å². The molecule has 1 fully saturated rings. The number of carbonyl (C=O) groups is 1. The summed E-state index contributed by atoms with van der Waals surface area (Å²) in [5.41, 5.74) is -0.124. The fraction of sp³-hybridized carbons (Fsp3) is 0.350. The molecular weight excluding hydrogens is 337 g/mol. The number of halogens is 1.